The van der Waals surface area contributed by atoms with Crippen LogP contribution in [0.4, 0.5) is 5.69 Å². The van der Waals surface area contributed by atoms with Crippen molar-refractivity contribution >= 4 is 16.6 Å². The van der Waals surface area contributed by atoms with E-state index in [4.69, 9.17) is 9.47 Å². The molecule has 0 bridgehead atoms. The van der Waals surface area contributed by atoms with Gasteiger partial charge in [0.2, 0.25) is 0 Å². The van der Waals surface area contributed by atoms with Crippen LogP contribution in [0.3, 0.4) is 0 Å². The average molecular weight is 360 g/mol. The summed E-state index contributed by atoms with van der Waals surface area (Å²) < 4.78 is 11.7. The van der Waals surface area contributed by atoms with Gasteiger partial charge in [0.25, 0.3) is 5.56 Å². The summed E-state index contributed by atoms with van der Waals surface area (Å²) in [5.41, 5.74) is 5.79. The molecule has 140 valence electrons. The van der Waals surface area contributed by atoms with Gasteiger partial charge < -0.3 is 20.0 Å². The number of nitrogens with zero attached hydrogens (tertiary/aromatic N) is 2. The molecule has 0 atom stereocenters. The van der Waals surface area contributed by atoms with E-state index in [1.807, 2.05) is 12.1 Å². The molecule has 8 heteroatoms. The SMILES string of the molecule is COc1cc(CNN2CCOCC2)cc2c1c1c(c(=O)n2O)CCCN1. The third kappa shape index (κ3) is 3.00. The molecule has 0 amide bonds. The highest BCUT2D eigenvalue weighted by Crippen LogP contribution is 2.36. The molecule has 2 aliphatic rings. The normalized spacial score (nSPS) is 17.7. The van der Waals surface area contributed by atoms with Gasteiger partial charge in [0.15, 0.2) is 0 Å². The highest BCUT2D eigenvalue weighted by Gasteiger charge is 2.22. The molecule has 1 aromatic carbocycles. The van der Waals surface area contributed by atoms with E-state index in [1.165, 1.54) is 0 Å². The van der Waals surface area contributed by atoms with Crippen molar-refractivity contribution in [3.05, 3.63) is 33.6 Å². The van der Waals surface area contributed by atoms with Gasteiger partial charge in [-0.1, -0.05) is 0 Å². The number of nitrogens with one attached hydrogen (secondary N) is 2. The molecule has 0 spiro atoms. The quantitative estimate of drug-likeness (QED) is 0.700. The Morgan fingerprint density at radius 2 is 2.15 bits per heavy atom. The highest BCUT2D eigenvalue weighted by molar-refractivity contribution is 5.98. The molecule has 0 saturated carbocycles. The smallest absolute Gasteiger partial charge is 0.288 e. The van der Waals surface area contributed by atoms with Gasteiger partial charge in [-0.05, 0) is 30.5 Å². The van der Waals surface area contributed by atoms with Crippen LogP contribution in [0.25, 0.3) is 10.9 Å². The molecule has 1 fully saturated rings. The summed E-state index contributed by atoms with van der Waals surface area (Å²) in [6.07, 6.45) is 1.53. The minimum absolute atomic E-state index is 0.361. The number of hydrogen-bond donors (Lipinski definition) is 3. The van der Waals surface area contributed by atoms with Crippen LogP contribution < -0.4 is 21.0 Å². The Balaban J connectivity index is 1.75. The summed E-state index contributed by atoms with van der Waals surface area (Å²) in [6, 6.07) is 3.79. The molecule has 0 aliphatic carbocycles. The predicted octanol–water partition coefficient (Wildman–Crippen LogP) is 0.942. The molecule has 2 aliphatic heterocycles. The Morgan fingerprint density at radius 3 is 2.92 bits per heavy atom. The zero-order chi connectivity index (χ0) is 18.1. The van der Waals surface area contributed by atoms with Gasteiger partial charge in [-0.2, -0.15) is 0 Å². The van der Waals surface area contributed by atoms with Crippen molar-refractivity contribution in [1.29, 1.82) is 0 Å². The van der Waals surface area contributed by atoms with E-state index >= 15 is 0 Å². The standard InChI is InChI=1S/C18H24N4O4/c1-25-15-10-12(11-20-21-5-7-26-8-6-21)9-14-16(15)17-13(3-2-4-19-17)18(23)22(14)24/h9-10,19-20,24H,2-8,11H2,1H3. The molecule has 8 nitrogen and oxygen atoms in total. The van der Waals surface area contributed by atoms with Crippen molar-refractivity contribution in [3.8, 4) is 5.75 Å². The van der Waals surface area contributed by atoms with Gasteiger partial charge in [0, 0.05) is 31.7 Å². The lowest BCUT2D eigenvalue weighted by Gasteiger charge is -2.27. The van der Waals surface area contributed by atoms with Gasteiger partial charge >= 0.3 is 0 Å². The van der Waals surface area contributed by atoms with E-state index in [1.54, 1.807) is 7.11 Å². The summed E-state index contributed by atoms with van der Waals surface area (Å²) in [5, 5.41) is 16.6. The second kappa shape index (κ2) is 7.14. The first kappa shape index (κ1) is 17.1. The second-order valence-electron chi connectivity index (χ2n) is 6.63. The lowest BCUT2D eigenvalue weighted by Crippen LogP contribution is -2.45. The van der Waals surface area contributed by atoms with Crippen molar-refractivity contribution in [2.75, 3.05) is 45.3 Å². The zero-order valence-corrected chi connectivity index (χ0v) is 14.9. The van der Waals surface area contributed by atoms with Gasteiger partial charge in [0.05, 0.1) is 36.9 Å². The molecule has 0 radical (unpaired) electrons. The van der Waals surface area contributed by atoms with E-state index in [9.17, 15) is 10.0 Å². The summed E-state index contributed by atoms with van der Waals surface area (Å²) in [7, 11) is 1.61. The van der Waals surface area contributed by atoms with Crippen molar-refractivity contribution in [1.82, 2.24) is 15.2 Å². The van der Waals surface area contributed by atoms with Crippen LogP contribution in [0.2, 0.25) is 0 Å². The maximum atomic E-state index is 12.5. The third-order valence-electron chi connectivity index (χ3n) is 5.01. The summed E-state index contributed by atoms with van der Waals surface area (Å²) >= 11 is 0. The molecule has 4 rings (SSSR count). The van der Waals surface area contributed by atoms with Crippen molar-refractivity contribution in [3.63, 3.8) is 0 Å². The number of pyridine rings is 1. The van der Waals surface area contributed by atoms with E-state index in [2.05, 4.69) is 15.8 Å². The number of methoxy groups -OCH3 is 1. The summed E-state index contributed by atoms with van der Waals surface area (Å²) in [6.45, 7) is 4.45. The Hall–Kier alpha value is -2.29. The van der Waals surface area contributed by atoms with E-state index < -0.39 is 0 Å². The fraction of sp³-hybridized carbons (Fsp3) is 0.500. The van der Waals surface area contributed by atoms with Crippen LogP contribution in [-0.2, 0) is 17.7 Å². The van der Waals surface area contributed by atoms with Gasteiger partial charge in [0.1, 0.15) is 5.75 Å². The van der Waals surface area contributed by atoms with Crippen LogP contribution in [0, 0.1) is 0 Å². The van der Waals surface area contributed by atoms with Crippen LogP contribution in [-0.4, -0.2) is 54.9 Å². The summed E-state index contributed by atoms with van der Waals surface area (Å²) in [5.74, 6) is 0.648. The molecule has 1 aromatic heterocycles. The molecule has 1 saturated heterocycles. The monoisotopic (exact) mass is 360 g/mol. The van der Waals surface area contributed by atoms with Crippen molar-refractivity contribution in [2.45, 2.75) is 19.4 Å². The Kier molecular flexibility index (Phi) is 4.71. The average Bonchev–Trinajstić information content (AvgIpc) is 2.70. The number of anilines is 1. The molecule has 0 unspecified atom stereocenters. The minimum Gasteiger partial charge on any atom is -0.496 e. The first-order valence-electron chi connectivity index (χ1n) is 8.97. The van der Waals surface area contributed by atoms with E-state index in [-0.39, 0.29) is 5.56 Å². The van der Waals surface area contributed by atoms with Gasteiger partial charge in [-0.15, -0.1) is 4.73 Å². The molecule has 2 aromatic rings. The fourth-order valence-electron chi connectivity index (χ4n) is 3.66. The number of ether oxygens (including phenoxy) is 2. The highest BCUT2D eigenvalue weighted by atomic mass is 16.5. The maximum Gasteiger partial charge on any atom is 0.288 e. The Morgan fingerprint density at radius 1 is 1.35 bits per heavy atom. The number of hydrazine groups is 1. The maximum absolute atomic E-state index is 12.5. The third-order valence-corrected chi connectivity index (χ3v) is 5.01. The molecule has 3 N–H and O–H groups in total. The van der Waals surface area contributed by atoms with E-state index in [0.717, 1.165) is 47.4 Å². The van der Waals surface area contributed by atoms with Gasteiger partial charge in [-0.25, -0.2) is 5.01 Å². The fourth-order valence-corrected chi connectivity index (χ4v) is 3.66. The zero-order valence-electron chi connectivity index (χ0n) is 14.9. The Bertz CT molecular complexity index is 874. The van der Waals surface area contributed by atoms with E-state index in [0.29, 0.717) is 43.0 Å². The lowest BCUT2D eigenvalue weighted by molar-refractivity contribution is 0.0105. The number of morpholine rings is 1. The van der Waals surface area contributed by atoms with Crippen LogP contribution in [0.1, 0.15) is 17.5 Å². The predicted molar refractivity (Wildman–Crippen MR) is 98.0 cm³/mol. The first-order chi connectivity index (χ1) is 12.7. The summed E-state index contributed by atoms with van der Waals surface area (Å²) in [4.78, 5) is 12.5. The molecular formula is C18H24N4O4. The topological polar surface area (TPSA) is 88.0 Å². The number of fused-ring (bicyclic) bond motifs is 3. The number of aromatic nitrogens is 1. The van der Waals surface area contributed by atoms with Crippen LogP contribution in [0.5, 0.6) is 5.75 Å². The Labute approximate surface area is 151 Å². The minimum atomic E-state index is -0.361. The largest absolute Gasteiger partial charge is 0.496 e. The number of benzene rings is 1. The molecular weight excluding hydrogens is 336 g/mol. The van der Waals surface area contributed by atoms with Crippen molar-refractivity contribution in [2.24, 2.45) is 0 Å². The lowest BCUT2D eigenvalue weighted by atomic mass is 9.99. The number of rotatable bonds is 4. The van der Waals surface area contributed by atoms with Crippen LogP contribution >= 0.6 is 0 Å². The first-order valence-corrected chi connectivity index (χ1v) is 8.97. The van der Waals surface area contributed by atoms with Crippen LogP contribution in [0.15, 0.2) is 16.9 Å². The molecule has 3 heterocycles. The van der Waals surface area contributed by atoms with Gasteiger partial charge in [-0.3, -0.25) is 10.2 Å². The second-order valence-corrected chi connectivity index (χ2v) is 6.63. The number of hydrogen-bond acceptors (Lipinski definition) is 7. The molecule has 26 heavy (non-hydrogen) atoms. The van der Waals surface area contributed by atoms with Crippen molar-refractivity contribution < 1.29 is 14.7 Å².